The van der Waals surface area contributed by atoms with Crippen molar-refractivity contribution in [3.63, 3.8) is 0 Å². The van der Waals surface area contributed by atoms with Crippen molar-refractivity contribution in [1.29, 1.82) is 0 Å². The lowest BCUT2D eigenvalue weighted by Crippen LogP contribution is -2.43. The van der Waals surface area contributed by atoms with Crippen LogP contribution in [-0.4, -0.2) is 6.04 Å². The van der Waals surface area contributed by atoms with Gasteiger partial charge in [-0.15, -0.1) is 0 Å². The fourth-order valence-electron chi connectivity index (χ4n) is 3.79. The van der Waals surface area contributed by atoms with E-state index in [1.54, 1.807) is 0 Å². The molecule has 2 nitrogen and oxygen atoms in total. The highest BCUT2D eigenvalue weighted by Gasteiger charge is 2.32. The second kappa shape index (κ2) is 5.26. The molecule has 0 aromatic heterocycles. The van der Waals surface area contributed by atoms with E-state index in [9.17, 15) is 0 Å². The van der Waals surface area contributed by atoms with Crippen molar-refractivity contribution in [3.05, 3.63) is 35.4 Å². The second-order valence-electron chi connectivity index (χ2n) is 6.60. The van der Waals surface area contributed by atoms with E-state index in [4.69, 9.17) is 11.5 Å². The van der Waals surface area contributed by atoms with E-state index in [0.717, 1.165) is 31.6 Å². The minimum atomic E-state index is -0.135. The van der Waals surface area contributed by atoms with Crippen LogP contribution in [0.5, 0.6) is 0 Å². The minimum absolute atomic E-state index is 0.135. The third-order valence-electron chi connectivity index (χ3n) is 5.23. The van der Waals surface area contributed by atoms with Gasteiger partial charge in [0.2, 0.25) is 0 Å². The monoisotopic (exact) mass is 258 g/mol. The van der Waals surface area contributed by atoms with Crippen LogP contribution in [0, 0.1) is 0 Å². The largest absolute Gasteiger partial charge is 0.328 e. The fourth-order valence-corrected chi connectivity index (χ4v) is 3.79. The molecule has 0 spiro atoms. The highest BCUT2D eigenvalue weighted by atomic mass is 14.8. The van der Waals surface area contributed by atoms with Gasteiger partial charge in [-0.1, -0.05) is 37.1 Å². The number of rotatable bonds is 2. The highest BCUT2D eigenvalue weighted by molar-refractivity contribution is 5.31. The predicted molar refractivity (Wildman–Crippen MR) is 80.0 cm³/mol. The maximum atomic E-state index is 6.59. The van der Waals surface area contributed by atoms with Crippen LogP contribution in [0.3, 0.4) is 0 Å². The molecular formula is C17H26N2. The third kappa shape index (κ3) is 2.70. The molecule has 2 heteroatoms. The first-order chi connectivity index (χ1) is 9.17. The molecule has 2 aliphatic carbocycles. The van der Waals surface area contributed by atoms with Crippen LogP contribution in [-0.2, 0) is 5.54 Å². The minimum Gasteiger partial charge on any atom is -0.328 e. The van der Waals surface area contributed by atoms with Crippen molar-refractivity contribution in [2.45, 2.75) is 68.9 Å². The van der Waals surface area contributed by atoms with E-state index in [1.165, 1.54) is 36.8 Å². The quantitative estimate of drug-likeness (QED) is 0.854. The van der Waals surface area contributed by atoms with Gasteiger partial charge in [-0.05, 0) is 55.6 Å². The molecule has 19 heavy (non-hydrogen) atoms. The van der Waals surface area contributed by atoms with Crippen LogP contribution in [0.4, 0.5) is 0 Å². The Labute approximate surface area is 116 Å². The normalized spacial score (nSPS) is 32.6. The first-order valence-corrected chi connectivity index (χ1v) is 7.82. The summed E-state index contributed by atoms with van der Waals surface area (Å²) >= 11 is 0. The fraction of sp³-hybridized carbons (Fsp3) is 0.647. The zero-order valence-electron chi connectivity index (χ0n) is 11.8. The molecule has 2 fully saturated rings. The summed E-state index contributed by atoms with van der Waals surface area (Å²) in [6.07, 6.45) is 9.68. The van der Waals surface area contributed by atoms with Crippen molar-refractivity contribution in [1.82, 2.24) is 0 Å². The Balaban J connectivity index is 1.74. The molecular weight excluding hydrogens is 232 g/mol. The van der Waals surface area contributed by atoms with Crippen LogP contribution >= 0.6 is 0 Å². The molecule has 3 rings (SSSR count). The van der Waals surface area contributed by atoms with E-state index in [-0.39, 0.29) is 5.54 Å². The van der Waals surface area contributed by atoms with E-state index in [1.807, 2.05) is 0 Å². The molecule has 0 amide bonds. The smallest absolute Gasteiger partial charge is 0.0410 e. The van der Waals surface area contributed by atoms with Gasteiger partial charge in [0.05, 0.1) is 0 Å². The average Bonchev–Trinajstić information content (AvgIpc) is 2.97. The van der Waals surface area contributed by atoms with Crippen molar-refractivity contribution in [3.8, 4) is 0 Å². The molecule has 2 saturated carbocycles. The number of hydrogen-bond donors (Lipinski definition) is 2. The molecule has 0 heterocycles. The van der Waals surface area contributed by atoms with Crippen molar-refractivity contribution in [2.24, 2.45) is 11.5 Å². The lowest BCUT2D eigenvalue weighted by atomic mass is 9.75. The van der Waals surface area contributed by atoms with Gasteiger partial charge in [-0.2, -0.15) is 0 Å². The first kappa shape index (κ1) is 13.1. The Morgan fingerprint density at radius 3 is 2.05 bits per heavy atom. The summed E-state index contributed by atoms with van der Waals surface area (Å²) in [5.41, 5.74) is 15.3. The average molecular weight is 258 g/mol. The Bertz CT molecular complexity index is 409. The summed E-state index contributed by atoms with van der Waals surface area (Å²) in [5, 5.41) is 0. The van der Waals surface area contributed by atoms with Crippen LogP contribution in [0.25, 0.3) is 0 Å². The molecule has 1 aromatic rings. The van der Waals surface area contributed by atoms with Crippen LogP contribution in [0.15, 0.2) is 24.3 Å². The summed E-state index contributed by atoms with van der Waals surface area (Å²) < 4.78 is 0. The maximum Gasteiger partial charge on any atom is 0.0410 e. The lowest BCUT2D eigenvalue weighted by Gasteiger charge is -2.36. The number of benzene rings is 1. The van der Waals surface area contributed by atoms with E-state index in [2.05, 4.69) is 24.3 Å². The van der Waals surface area contributed by atoms with E-state index in [0.29, 0.717) is 6.04 Å². The molecule has 0 saturated heterocycles. The summed E-state index contributed by atoms with van der Waals surface area (Å²) in [7, 11) is 0. The Morgan fingerprint density at radius 2 is 1.47 bits per heavy atom. The highest BCUT2D eigenvalue weighted by Crippen LogP contribution is 2.37. The van der Waals surface area contributed by atoms with Gasteiger partial charge in [-0.3, -0.25) is 0 Å². The summed E-state index contributed by atoms with van der Waals surface area (Å²) in [6.45, 7) is 0. The van der Waals surface area contributed by atoms with Gasteiger partial charge in [0.1, 0.15) is 0 Å². The molecule has 2 aliphatic rings. The van der Waals surface area contributed by atoms with Gasteiger partial charge in [0.25, 0.3) is 0 Å². The molecule has 0 atom stereocenters. The zero-order chi connectivity index (χ0) is 13.3. The van der Waals surface area contributed by atoms with Gasteiger partial charge in [0.15, 0.2) is 0 Å². The maximum absolute atomic E-state index is 6.59. The second-order valence-corrected chi connectivity index (χ2v) is 6.60. The van der Waals surface area contributed by atoms with E-state index >= 15 is 0 Å². The van der Waals surface area contributed by atoms with Gasteiger partial charge in [0, 0.05) is 11.6 Å². The standard InChI is InChI=1S/C17H26N2/c18-16-9-11-17(19,12-10-16)15-7-5-14(6-8-15)13-3-1-2-4-13/h5-8,13,16H,1-4,9-12,18-19H2. The predicted octanol–water partition coefficient (Wildman–Crippen LogP) is 3.40. The topological polar surface area (TPSA) is 52.0 Å². The molecule has 0 unspecified atom stereocenters. The first-order valence-electron chi connectivity index (χ1n) is 7.82. The molecule has 4 N–H and O–H groups in total. The van der Waals surface area contributed by atoms with Crippen LogP contribution < -0.4 is 11.5 Å². The van der Waals surface area contributed by atoms with Gasteiger partial charge < -0.3 is 11.5 Å². The Morgan fingerprint density at radius 1 is 0.895 bits per heavy atom. The lowest BCUT2D eigenvalue weighted by molar-refractivity contribution is 0.277. The molecule has 0 radical (unpaired) electrons. The molecule has 0 bridgehead atoms. The third-order valence-corrected chi connectivity index (χ3v) is 5.23. The summed E-state index contributed by atoms with van der Waals surface area (Å²) in [5.74, 6) is 0.794. The number of hydrogen-bond acceptors (Lipinski definition) is 2. The SMILES string of the molecule is NC1CCC(N)(c2ccc(C3CCCC3)cc2)CC1. The molecule has 0 aliphatic heterocycles. The van der Waals surface area contributed by atoms with Gasteiger partial charge in [-0.25, -0.2) is 0 Å². The van der Waals surface area contributed by atoms with Crippen molar-refractivity contribution < 1.29 is 0 Å². The molecule has 1 aromatic carbocycles. The van der Waals surface area contributed by atoms with Crippen LogP contribution in [0.1, 0.15) is 68.4 Å². The Kier molecular flexibility index (Phi) is 3.64. The summed E-state index contributed by atoms with van der Waals surface area (Å²) in [4.78, 5) is 0. The zero-order valence-corrected chi connectivity index (χ0v) is 11.8. The van der Waals surface area contributed by atoms with Crippen molar-refractivity contribution >= 4 is 0 Å². The summed E-state index contributed by atoms with van der Waals surface area (Å²) in [6, 6.07) is 9.52. The van der Waals surface area contributed by atoms with Gasteiger partial charge >= 0.3 is 0 Å². The van der Waals surface area contributed by atoms with E-state index < -0.39 is 0 Å². The van der Waals surface area contributed by atoms with Crippen molar-refractivity contribution in [2.75, 3.05) is 0 Å². The molecule has 104 valence electrons. The number of nitrogens with two attached hydrogens (primary N) is 2. The Hall–Kier alpha value is -0.860. The van der Waals surface area contributed by atoms with Crippen LogP contribution in [0.2, 0.25) is 0 Å².